The van der Waals surface area contributed by atoms with Gasteiger partial charge in [-0.2, -0.15) is 5.21 Å². The Bertz CT molecular complexity index is 808. The fraction of sp³-hybridized carbons (Fsp3) is 0.154. The zero-order valence-electron chi connectivity index (χ0n) is 10.8. The Hall–Kier alpha value is -3.03. The first-order valence-electron chi connectivity index (χ1n) is 6.44. The van der Waals surface area contributed by atoms with E-state index in [9.17, 15) is 4.79 Å². The molecule has 104 valence electrons. The average Bonchev–Trinajstić information content (AvgIpc) is 3.15. The number of amides is 1. The SMILES string of the molecule is O=C(Nc1nn[nH]n1)c1noc2c1CCc1ccccc1-2. The van der Waals surface area contributed by atoms with Gasteiger partial charge in [0.15, 0.2) is 11.5 Å². The second kappa shape index (κ2) is 4.51. The van der Waals surface area contributed by atoms with Crippen LogP contribution in [-0.4, -0.2) is 31.7 Å². The number of hydrogen-bond acceptors (Lipinski definition) is 6. The minimum Gasteiger partial charge on any atom is -0.355 e. The lowest BCUT2D eigenvalue weighted by Crippen LogP contribution is -2.16. The topological polar surface area (TPSA) is 110 Å². The summed E-state index contributed by atoms with van der Waals surface area (Å²) in [6, 6.07) is 7.96. The van der Waals surface area contributed by atoms with Gasteiger partial charge in [-0.05, 0) is 23.6 Å². The summed E-state index contributed by atoms with van der Waals surface area (Å²) < 4.78 is 5.38. The van der Waals surface area contributed by atoms with E-state index in [0.29, 0.717) is 12.2 Å². The van der Waals surface area contributed by atoms with Crippen molar-refractivity contribution in [1.29, 1.82) is 0 Å². The average molecular weight is 282 g/mol. The molecule has 1 aliphatic carbocycles. The van der Waals surface area contributed by atoms with Crippen molar-refractivity contribution in [2.45, 2.75) is 12.8 Å². The van der Waals surface area contributed by atoms with E-state index in [0.717, 1.165) is 17.5 Å². The molecule has 0 saturated carbocycles. The smallest absolute Gasteiger partial charge is 0.280 e. The molecule has 0 unspecified atom stereocenters. The molecule has 0 fully saturated rings. The number of carbonyl (C=O) groups is 1. The van der Waals surface area contributed by atoms with Gasteiger partial charge in [0.05, 0.1) is 0 Å². The van der Waals surface area contributed by atoms with E-state index in [1.54, 1.807) is 0 Å². The predicted molar refractivity (Wildman–Crippen MR) is 71.5 cm³/mol. The quantitative estimate of drug-likeness (QED) is 0.731. The molecule has 1 aromatic carbocycles. The molecule has 1 amide bonds. The van der Waals surface area contributed by atoms with Crippen molar-refractivity contribution < 1.29 is 9.32 Å². The number of tetrazole rings is 1. The number of carbonyl (C=O) groups excluding carboxylic acids is 1. The second-order valence-electron chi connectivity index (χ2n) is 4.69. The molecular weight excluding hydrogens is 272 g/mol. The van der Waals surface area contributed by atoms with Gasteiger partial charge in [-0.15, -0.1) is 5.10 Å². The number of rotatable bonds is 2. The largest absolute Gasteiger partial charge is 0.355 e. The molecule has 21 heavy (non-hydrogen) atoms. The monoisotopic (exact) mass is 282 g/mol. The lowest BCUT2D eigenvalue weighted by atomic mass is 9.89. The maximum absolute atomic E-state index is 12.2. The molecule has 0 atom stereocenters. The Labute approximate surface area is 118 Å². The first-order valence-corrected chi connectivity index (χ1v) is 6.44. The van der Waals surface area contributed by atoms with Crippen LogP contribution in [0.5, 0.6) is 0 Å². The van der Waals surface area contributed by atoms with Crippen LogP contribution < -0.4 is 5.32 Å². The van der Waals surface area contributed by atoms with Crippen LogP contribution in [0.1, 0.15) is 21.6 Å². The van der Waals surface area contributed by atoms with E-state index in [2.05, 4.69) is 37.2 Å². The summed E-state index contributed by atoms with van der Waals surface area (Å²) in [6.07, 6.45) is 1.57. The van der Waals surface area contributed by atoms with Gasteiger partial charge in [0.25, 0.3) is 11.9 Å². The van der Waals surface area contributed by atoms with Crippen molar-refractivity contribution in [2.75, 3.05) is 5.32 Å². The second-order valence-corrected chi connectivity index (χ2v) is 4.69. The Kier molecular flexibility index (Phi) is 2.53. The molecular formula is C13H10N6O2. The minimum atomic E-state index is -0.402. The molecule has 2 heterocycles. The van der Waals surface area contributed by atoms with Crippen molar-refractivity contribution >= 4 is 11.9 Å². The molecule has 2 N–H and O–H groups in total. The first kappa shape index (κ1) is 11.8. The molecule has 0 saturated heterocycles. The van der Waals surface area contributed by atoms with E-state index in [1.807, 2.05) is 18.2 Å². The number of H-pyrrole nitrogens is 1. The van der Waals surface area contributed by atoms with Gasteiger partial charge >= 0.3 is 0 Å². The normalized spacial score (nSPS) is 12.6. The van der Waals surface area contributed by atoms with Crippen LogP contribution in [0.25, 0.3) is 11.3 Å². The summed E-state index contributed by atoms with van der Waals surface area (Å²) in [5, 5.41) is 19.4. The summed E-state index contributed by atoms with van der Waals surface area (Å²) in [7, 11) is 0. The van der Waals surface area contributed by atoms with Gasteiger partial charge in [0.1, 0.15) is 0 Å². The molecule has 0 radical (unpaired) electrons. The van der Waals surface area contributed by atoms with Crippen LogP contribution in [0.15, 0.2) is 28.8 Å². The summed E-state index contributed by atoms with van der Waals surface area (Å²) >= 11 is 0. The molecule has 8 nitrogen and oxygen atoms in total. The van der Waals surface area contributed by atoms with E-state index < -0.39 is 5.91 Å². The molecule has 1 aliphatic rings. The molecule has 2 aromatic heterocycles. The highest BCUT2D eigenvalue weighted by atomic mass is 16.5. The molecule has 8 heteroatoms. The Morgan fingerprint density at radius 3 is 3.05 bits per heavy atom. The number of fused-ring (bicyclic) bond motifs is 3. The minimum absolute atomic E-state index is 0.105. The lowest BCUT2D eigenvalue weighted by molar-refractivity contribution is 0.101. The zero-order chi connectivity index (χ0) is 14.2. The Balaban J connectivity index is 1.71. The number of aromatic amines is 1. The fourth-order valence-corrected chi connectivity index (χ4v) is 2.53. The number of benzene rings is 1. The maximum Gasteiger partial charge on any atom is 0.280 e. The number of hydrogen-bond donors (Lipinski definition) is 2. The van der Waals surface area contributed by atoms with Gasteiger partial charge in [-0.3, -0.25) is 10.1 Å². The Morgan fingerprint density at radius 1 is 1.29 bits per heavy atom. The van der Waals surface area contributed by atoms with Crippen LogP contribution in [0.3, 0.4) is 0 Å². The zero-order valence-corrected chi connectivity index (χ0v) is 10.8. The standard InChI is InChI=1S/C13H10N6O2/c20-12(14-13-15-18-19-16-13)10-9-6-5-7-3-1-2-4-8(7)11(9)21-17-10/h1-4H,5-6H2,(H2,14,15,16,18,19,20). The lowest BCUT2D eigenvalue weighted by Gasteiger charge is -2.13. The maximum atomic E-state index is 12.2. The highest BCUT2D eigenvalue weighted by molar-refractivity contribution is 6.03. The summed E-state index contributed by atoms with van der Waals surface area (Å²) in [5.41, 5.74) is 3.27. The van der Waals surface area contributed by atoms with Crippen LogP contribution in [0.4, 0.5) is 5.95 Å². The van der Waals surface area contributed by atoms with Crippen LogP contribution in [0, 0.1) is 0 Å². The third-order valence-corrected chi connectivity index (χ3v) is 3.48. The summed E-state index contributed by atoms with van der Waals surface area (Å²) in [6.45, 7) is 0. The number of aromatic nitrogens is 5. The van der Waals surface area contributed by atoms with E-state index >= 15 is 0 Å². The number of aryl methyl sites for hydroxylation is 1. The van der Waals surface area contributed by atoms with Crippen molar-refractivity contribution in [2.24, 2.45) is 0 Å². The van der Waals surface area contributed by atoms with Gasteiger partial charge in [0.2, 0.25) is 0 Å². The third kappa shape index (κ3) is 1.88. The number of nitrogens with one attached hydrogen (secondary N) is 2. The van der Waals surface area contributed by atoms with Crippen molar-refractivity contribution in [3.8, 4) is 11.3 Å². The highest BCUT2D eigenvalue weighted by Gasteiger charge is 2.27. The highest BCUT2D eigenvalue weighted by Crippen LogP contribution is 2.35. The van der Waals surface area contributed by atoms with E-state index in [1.165, 1.54) is 5.56 Å². The molecule has 4 rings (SSSR count). The van der Waals surface area contributed by atoms with E-state index in [4.69, 9.17) is 4.52 Å². The van der Waals surface area contributed by atoms with Gasteiger partial charge in [0, 0.05) is 11.1 Å². The summed E-state index contributed by atoms with van der Waals surface area (Å²) in [5.74, 6) is 0.365. The van der Waals surface area contributed by atoms with Crippen LogP contribution in [0.2, 0.25) is 0 Å². The van der Waals surface area contributed by atoms with Crippen molar-refractivity contribution in [1.82, 2.24) is 25.8 Å². The van der Waals surface area contributed by atoms with E-state index in [-0.39, 0.29) is 11.6 Å². The first-order chi connectivity index (χ1) is 10.3. The molecule has 0 spiro atoms. The molecule has 0 aliphatic heterocycles. The van der Waals surface area contributed by atoms with Crippen LogP contribution >= 0.6 is 0 Å². The predicted octanol–water partition coefficient (Wildman–Crippen LogP) is 1.21. The van der Waals surface area contributed by atoms with Gasteiger partial charge in [-0.1, -0.05) is 34.5 Å². The third-order valence-electron chi connectivity index (χ3n) is 3.48. The number of anilines is 1. The molecule has 0 bridgehead atoms. The summed E-state index contributed by atoms with van der Waals surface area (Å²) in [4.78, 5) is 12.2. The fourth-order valence-electron chi connectivity index (χ4n) is 2.53. The van der Waals surface area contributed by atoms with Crippen molar-refractivity contribution in [3.05, 3.63) is 41.1 Å². The van der Waals surface area contributed by atoms with Gasteiger partial charge in [-0.25, -0.2) is 0 Å². The van der Waals surface area contributed by atoms with Gasteiger partial charge < -0.3 is 4.52 Å². The van der Waals surface area contributed by atoms with Crippen molar-refractivity contribution in [3.63, 3.8) is 0 Å². The van der Waals surface area contributed by atoms with Crippen LogP contribution in [-0.2, 0) is 12.8 Å². The Morgan fingerprint density at radius 2 is 2.19 bits per heavy atom. The number of nitrogens with zero attached hydrogens (tertiary/aromatic N) is 4. The molecule has 3 aromatic rings.